The molecule has 0 aliphatic carbocycles. The first-order valence-electron chi connectivity index (χ1n) is 8.46. The number of ether oxygens (including phenoxy) is 2. The number of methoxy groups -OCH3 is 1. The Morgan fingerprint density at radius 2 is 1.68 bits per heavy atom. The standard InChI is InChI=1S/C19H22N2O6S/c1-13(2)27-18(22)12-20-19(23)14-8-10-15(11-9-14)28(24,25)21-16-6-4-5-7-17(16)26-3/h4-11,13,21H,12H2,1-3H3,(H,20,23). The van der Waals surface area contributed by atoms with Crippen LogP contribution in [-0.4, -0.2) is 40.1 Å². The van der Waals surface area contributed by atoms with Gasteiger partial charge in [0.25, 0.3) is 15.9 Å². The molecule has 0 aliphatic rings. The fourth-order valence-electron chi connectivity index (χ4n) is 2.28. The van der Waals surface area contributed by atoms with Gasteiger partial charge in [0.1, 0.15) is 12.3 Å². The number of anilines is 1. The van der Waals surface area contributed by atoms with Gasteiger partial charge in [-0.25, -0.2) is 8.42 Å². The van der Waals surface area contributed by atoms with E-state index in [0.717, 1.165) is 0 Å². The van der Waals surface area contributed by atoms with Crippen molar-refractivity contribution in [2.75, 3.05) is 18.4 Å². The second kappa shape index (κ2) is 9.23. The average Bonchev–Trinajstić information content (AvgIpc) is 2.66. The maximum absolute atomic E-state index is 12.5. The van der Waals surface area contributed by atoms with Crippen LogP contribution in [0.1, 0.15) is 24.2 Å². The lowest BCUT2D eigenvalue weighted by atomic mass is 10.2. The van der Waals surface area contributed by atoms with Crippen LogP contribution in [0.2, 0.25) is 0 Å². The Morgan fingerprint density at radius 3 is 2.29 bits per heavy atom. The van der Waals surface area contributed by atoms with Crippen molar-refractivity contribution in [3.63, 3.8) is 0 Å². The summed E-state index contributed by atoms with van der Waals surface area (Å²) in [5.41, 5.74) is 0.518. The first-order valence-corrected chi connectivity index (χ1v) is 9.95. The van der Waals surface area contributed by atoms with E-state index in [1.165, 1.54) is 31.4 Å². The maximum Gasteiger partial charge on any atom is 0.325 e. The molecule has 2 N–H and O–H groups in total. The molecule has 28 heavy (non-hydrogen) atoms. The number of hydrogen-bond acceptors (Lipinski definition) is 6. The van der Waals surface area contributed by atoms with E-state index in [0.29, 0.717) is 11.4 Å². The molecule has 0 spiro atoms. The number of amides is 1. The van der Waals surface area contributed by atoms with Crippen molar-refractivity contribution in [3.8, 4) is 5.75 Å². The van der Waals surface area contributed by atoms with Gasteiger partial charge in [-0.1, -0.05) is 12.1 Å². The summed E-state index contributed by atoms with van der Waals surface area (Å²) in [4.78, 5) is 23.5. The minimum Gasteiger partial charge on any atom is -0.495 e. The molecule has 0 aliphatic heterocycles. The number of carbonyl (C=O) groups is 2. The highest BCUT2D eigenvalue weighted by Crippen LogP contribution is 2.26. The predicted molar refractivity (Wildman–Crippen MR) is 104 cm³/mol. The van der Waals surface area contributed by atoms with Crippen LogP contribution in [0.3, 0.4) is 0 Å². The van der Waals surface area contributed by atoms with Crippen LogP contribution in [-0.2, 0) is 19.6 Å². The highest BCUT2D eigenvalue weighted by Gasteiger charge is 2.17. The smallest absolute Gasteiger partial charge is 0.325 e. The predicted octanol–water partition coefficient (Wildman–Crippen LogP) is 2.18. The van der Waals surface area contributed by atoms with Crippen molar-refractivity contribution in [1.82, 2.24) is 5.32 Å². The Hall–Kier alpha value is -3.07. The van der Waals surface area contributed by atoms with Crippen molar-refractivity contribution in [3.05, 3.63) is 54.1 Å². The van der Waals surface area contributed by atoms with Crippen LogP contribution in [0.15, 0.2) is 53.4 Å². The quantitative estimate of drug-likeness (QED) is 0.650. The molecule has 0 saturated heterocycles. The maximum atomic E-state index is 12.5. The van der Waals surface area contributed by atoms with Gasteiger partial charge in [-0.15, -0.1) is 0 Å². The van der Waals surface area contributed by atoms with E-state index in [1.807, 2.05) is 0 Å². The lowest BCUT2D eigenvalue weighted by Gasteiger charge is -2.12. The van der Waals surface area contributed by atoms with E-state index in [2.05, 4.69) is 10.0 Å². The summed E-state index contributed by atoms with van der Waals surface area (Å²) >= 11 is 0. The molecule has 150 valence electrons. The Kier molecular flexibility index (Phi) is 7.00. The molecular formula is C19H22N2O6S. The Balaban J connectivity index is 2.06. The molecule has 2 rings (SSSR count). The van der Waals surface area contributed by atoms with E-state index in [9.17, 15) is 18.0 Å². The van der Waals surface area contributed by atoms with Crippen molar-refractivity contribution >= 4 is 27.6 Å². The number of carbonyl (C=O) groups excluding carboxylic acids is 2. The van der Waals surface area contributed by atoms with Crippen molar-refractivity contribution in [2.45, 2.75) is 24.8 Å². The zero-order chi connectivity index (χ0) is 20.7. The summed E-state index contributed by atoms with van der Waals surface area (Å²) in [6.07, 6.45) is -0.273. The second-order valence-electron chi connectivity index (χ2n) is 6.05. The number of benzene rings is 2. The third-order valence-corrected chi connectivity index (χ3v) is 4.92. The molecule has 1 amide bonds. The second-order valence-corrected chi connectivity index (χ2v) is 7.73. The molecule has 0 aromatic heterocycles. The van der Waals surface area contributed by atoms with Gasteiger partial charge >= 0.3 is 5.97 Å². The van der Waals surface area contributed by atoms with Gasteiger partial charge in [0.2, 0.25) is 0 Å². The van der Waals surface area contributed by atoms with Crippen LogP contribution in [0.25, 0.3) is 0 Å². The molecule has 0 radical (unpaired) electrons. The molecule has 0 unspecified atom stereocenters. The number of hydrogen-bond donors (Lipinski definition) is 2. The van der Waals surface area contributed by atoms with Crippen LogP contribution in [0.4, 0.5) is 5.69 Å². The van der Waals surface area contributed by atoms with Gasteiger partial charge in [0.05, 0.1) is 23.8 Å². The Labute approximate surface area is 163 Å². The Bertz CT molecular complexity index is 939. The molecule has 0 atom stereocenters. The zero-order valence-corrected chi connectivity index (χ0v) is 16.6. The summed E-state index contributed by atoms with van der Waals surface area (Å²) in [6.45, 7) is 3.14. The van der Waals surface area contributed by atoms with E-state index in [1.54, 1.807) is 38.1 Å². The third-order valence-electron chi connectivity index (χ3n) is 3.54. The highest BCUT2D eigenvalue weighted by atomic mass is 32.2. The SMILES string of the molecule is COc1ccccc1NS(=O)(=O)c1ccc(C(=O)NCC(=O)OC(C)C)cc1. The topological polar surface area (TPSA) is 111 Å². The molecular weight excluding hydrogens is 384 g/mol. The van der Waals surface area contributed by atoms with Gasteiger partial charge in [-0.05, 0) is 50.2 Å². The molecule has 0 fully saturated rings. The van der Waals surface area contributed by atoms with E-state index in [4.69, 9.17) is 9.47 Å². The van der Waals surface area contributed by atoms with E-state index >= 15 is 0 Å². The average molecular weight is 406 g/mol. The Morgan fingerprint density at radius 1 is 1.04 bits per heavy atom. The number of sulfonamides is 1. The normalized spacial score (nSPS) is 11.0. The van der Waals surface area contributed by atoms with Gasteiger partial charge in [0, 0.05) is 5.56 Å². The summed E-state index contributed by atoms with van der Waals surface area (Å²) in [7, 11) is -2.42. The lowest BCUT2D eigenvalue weighted by molar-refractivity contribution is -0.146. The zero-order valence-electron chi connectivity index (χ0n) is 15.8. The molecule has 0 saturated carbocycles. The lowest BCUT2D eigenvalue weighted by Crippen LogP contribution is -2.31. The monoisotopic (exact) mass is 406 g/mol. The van der Waals surface area contributed by atoms with Crippen LogP contribution >= 0.6 is 0 Å². The molecule has 2 aromatic rings. The summed E-state index contributed by atoms with van der Waals surface area (Å²) in [6, 6.07) is 11.9. The third kappa shape index (κ3) is 5.71. The number of para-hydroxylation sites is 2. The van der Waals surface area contributed by atoms with Gasteiger partial charge in [-0.3, -0.25) is 14.3 Å². The van der Waals surface area contributed by atoms with E-state index in [-0.39, 0.29) is 23.1 Å². The molecule has 0 heterocycles. The first kappa shape index (κ1) is 21.2. The van der Waals surface area contributed by atoms with Gasteiger partial charge in [0.15, 0.2) is 0 Å². The minimum atomic E-state index is -3.86. The van der Waals surface area contributed by atoms with Crippen molar-refractivity contribution in [2.24, 2.45) is 0 Å². The molecule has 2 aromatic carbocycles. The van der Waals surface area contributed by atoms with Gasteiger partial charge < -0.3 is 14.8 Å². The van der Waals surface area contributed by atoms with E-state index < -0.39 is 21.9 Å². The number of rotatable bonds is 8. The highest BCUT2D eigenvalue weighted by molar-refractivity contribution is 7.92. The van der Waals surface area contributed by atoms with Crippen molar-refractivity contribution in [1.29, 1.82) is 0 Å². The van der Waals surface area contributed by atoms with Crippen LogP contribution < -0.4 is 14.8 Å². The van der Waals surface area contributed by atoms with Gasteiger partial charge in [-0.2, -0.15) is 0 Å². The molecule has 9 heteroatoms. The number of esters is 1. The molecule has 0 bridgehead atoms. The van der Waals surface area contributed by atoms with Crippen molar-refractivity contribution < 1.29 is 27.5 Å². The fourth-order valence-corrected chi connectivity index (χ4v) is 3.35. The fraction of sp³-hybridized carbons (Fsp3) is 0.263. The summed E-state index contributed by atoms with van der Waals surface area (Å²) < 4.78 is 37.6. The number of nitrogens with one attached hydrogen (secondary N) is 2. The first-order chi connectivity index (χ1) is 13.2. The summed E-state index contributed by atoms with van der Waals surface area (Å²) in [5.74, 6) is -0.679. The molecule has 8 nitrogen and oxygen atoms in total. The summed E-state index contributed by atoms with van der Waals surface area (Å²) in [5, 5.41) is 2.42. The largest absolute Gasteiger partial charge is 0.495 e. The van der Waals surface area contributed by atoms with Crippen LogP contribution in [0.5, 0.6) is 5.75 Å². The minimum absolute atomic E-state index is 0.0193. The van der Waals surface area contributed by atoms with Crippen LogP contribution in [0, 0.1) is 0 Å².